The molecule has 116 valence electrons. The lowest BCUT2D eigenvalue weighted by Gasteiger charge is -2.29. The normalized spacial score (nSPS) is 18.2. The van der Waals surface area contributed by atoms with Gasteiger partial charge in [-0.15, -0.1) is 0 Å². The molecule has 1 aliphatic heterocycles. The first-order valence-corrected chi connectivity index (χ1v) is 7.64. The van der Waals surface area contributed by atoms with Gasteiger partial charge >= 0.3 is 0 Å². The summed E-state index contributed by atoms with van der Waals surface area (Å²) in [5.74, 6) is 2.04. The molecule has 1 heterocycles. The maximum Gasteiger partial charge on any atom is 0.122 e. The zero-order valence-electron chi connectivity index (χ0n) is 12.6. The van der Waals surface area contributed by atoms with Crippen LogP contribution in [0.3, 0.4) is 0 Å². The number of hydrogen-bond donors (Lipinski definition) is 2. The smallest absolute Gasteiger partial charge is 0.122 e. The lowest BCUT2D eigenvalue weighted by molar-refractivity contribution is 0.200. The molecule has 1 aliphatic rings. The van der Waals surface area contributed by atoms with E-state index in [1.54, 1.807) is 0 Å². The summed E-state index contributed by atoms with van der Waals surface area (Å²) in [7, 11) is 0. The van der Waals surface area contributed by atoms with E-state index in [0.29, 0.717) is 19.8 Å². The van der Waals surface area contributed by atoms with E-state index < -0.39 is 0 Å². The highest BCUT2D eigenvalue weighted by Crippen LogP contribution is 2.31. The molecule has 0 saturated heterocycles. The number of ether oxygens (including phenoxy) is 2. The maximum absolute atomic E-state index is 6.04. The van der Waals surface area contributed by atoms with Crippen LogP contribution in [0.2, 0.25) is 0 Å². The zero-order valence-corrected chi connectivity index (χ0v) is 12.6. The van der Waals surface area contributed by atoms with Crippen LogP contribution in [-0.4, -0.2) is 19.2 Å². The van der Waals surface area contributed by atoms with Gasteiger partial charge in [-0.05, 0) is 35.7 Å². The Labute approximate surface area is 131 Å². The van der Waals surface area contributed by atoms with E-state index in [4.69, 9.17) is 20.9 Å². The van der Waals surface area contributed by atoms with Crippen molar-refractivity contribution < 1.29 is 9.47 Å². The molecule has 0 amide bonds. The van der Waals surface area contributed by atoms with Crippen molar-refractivity contribution in [3.8, 4) is 11.5 Å². The summed E-state index contributed by atoms with van der Waals surface area (Å²) in [6.45, 7) is 1.68. The summed E-state index contributed by atoms with van der Waals surface area (Å²) in [5, 5.41) is 0. The van der Waals surface area contributed by atoms with Gasteiger partial charge in [-0.1, -0.05) is 30.3 Å². The lowest BCUT2D eigenvalue weighted by atomic mass is 9.91. The van der Waals surface area contributed by atoms with Gasteiger partial charge < -0.3 is 20.9 Å². The van der Waals surface area contributed by atoms with Crippen molar-refractivity contribution in [1.29, 1.82) is 0 Å². The van der Waals surface area contributed by atoms with Gasteiger partial charge in [-0.3, -0.25) is 0 Å². The molecule has 4 heteroatoms. The van der Waals surface area contributed by atoms with Gasteiger partial charge in [0.1, 0.15) is 18.1 Å². The molecule has 0 spiro atoms. The van der Waals surface area contributed by atoms with Gasteiger partial charge in [0.25, 0.3) is 0 Å². The van der Waals surface area contributed by atoms with E-state index in [1.165, 1.54) is 0 Å². The quantitative estimate of drug-likeness (QED) is 0.887. The van der Waals surface area contributed by atoms with Crippen molar-refractivity contribution in [3.63, 3.8) is 0 Å². The molecule has 3 rings (SSSR count). The van der Waals surface area contributed by atoms with E-state index in [2.05, 4.69) is 12.1 Å². The van der Waals surface area contributed by atoms with E-state index in [-0.39, 0.29) is 12.0 Å². The monoisotopic (exact) mass is 298 g/mol. The van der Waals surface area contributed by atoms with Crippen molar-refractivity contribution in [3.05, 3.63) is 59.7 Å². The molecule has 2 aromatic carbocycles. The molecule has 4 N–H and O–H groups in total. The van der Waals surface area contributed by atoms with Gasteiger partial charge in [0, 0.05) is 18.5 Å². The third kappa shape index (κ3) is 3.40. The topological polar surface area (TPSA) is 70.5 Å². The summed E-state index contributed by atoms with van der Waals surface area (Å²) in [6, 6.07) is 16.1. The minimum atomic E-state index is -0.0259. The second-order valence-electron chi connectivity index (χ2n) is 5.72. The second-order valence-corrected chi connectivity index (χ2v) is 5.72. The fourth-order valence-corrected chi connectivity index (χ4v) is 2.69. The van der Waals surface area contributed by atoms with Crippen LogP contribution in [0.5, 0.6) is 11.5 Å². The molecule has 0 fully saturated rings. The van der Waals surface area contributed by atoms with E-state index in [0.717, 1.165) is 29.0 Å². The number of hydrogen-bond acceptors (Lipinski definition) is 4. The van der Waals surface area contributed by atoms with Crippen molar-refractivity contribution >= 4 is 0 Å². The van der Waals surface area contributed by atoms with Crippen LogP contribution in [0.1, 0.15) is 11.1 Å². The van der Waals surface area contributed by atoms with Crippen LogP contribution in [0.4, 0.5) is 0 Å². The Morgan fingerprint density at radius 2 is 2.00 bits per heavy atom. The molecule has 0 radical (unpaired) electrons. The summed E-state index contributed by atoms with van der Waals surface area (Å²) in [4.78, 5) is 0. The molecule has 22 heavy (non-hydrogen) atoms. The zero-order chi connectivity index (χ0) is 15.4. The second kappa shape index (κ2) is 6.81. The SMILES string of the molecule is NCC(N)C1COc2ccc(OCc3ccccc3)cc2C1. The Morgan fingerprint density at radius 3 is 2.77 bits per heavy atom. The Kier molecular flexibility index (Phi) is 4.61. The van der Waals surface area contributed by atoms with E-state index in [9.17, 15) is 0 Å². The molecule has 0 aromatic heterocycles. The van der Waals surface area contributed by atoms with Crippen LogP contribution < -0.4 is 20.9 Å². The molecular formula is C18H22N2O2. The third-order valence-electron chi connectivity index (χ3n) is 4.09. The number of benzene rings is 2. The molecular weight excluding hydrogens is 276 g/mol. The highest BCUT2D eigenvalue weighted by molar-refractivity contribution is 5.42. The molecule has 0 bridgehead atoms. The number of fused-ring (bicyclic) bond motifs is 1. The van der Waals surface area contributed by atoms with Crippen molar-refractivity contribution in [2.75, 3.05) is 13.2 Å². The fourth-order valence-electron chi connectivity index (χ4n) is 2.69. The number of nitrogens with two attached hydrogens (primary N) is 2. The molecule has 0 aliphatic carbocycles. The van der Waals surface area contributed by atoms with Gasteiger partial charge in [0.2, 0.25) is 0 Å². The van der Waals surface area contributed by atoms with Crippen molar-refractivity contribution in [2.24, 2.45) is 17.4 Å². The number of rotatable bonds is 5. The Hall–Kier alpha value is -2.04. The fraction of sp³-hybridized carbons (Fsp3) is 0.333. The van der Waals surface area contributed by atoms with Gasteiger partial charge in [-0.25, -0.2) is 0 Å². The minimum absolute atomic E-state index is 0.0259. The van der Waals surface area contributed by atoms with E-state index >= 15 is 0 Å². The van der Waals surface area contributed by atoms with Gasteiger partial charge in [-0.2, -0.15) is 0 Å². The molecule has 2 unspecified atom stereocenters. The first kappa shape index (κ1) is 14.9. The van der Waals surface area contributed by atoms with Crippen LogP contribution in [0.25, 0.3) is 0 Å². The minimum Gasteiger partial charge on any atom is -0.493 e. The van der Waals surface area contributed by atoms with Crippen LogP contribution in [0.15, 0.2) is 48.5 Å². The van der Waals surface area contributed by atoms with Gasteiger partial charge in [0.05, 0.1) is 6.61 Å². The summed E-state index contributed by atoms with van der Waals surface area (Å²) in [5.41, 5.74) is 14.0. The standard InChI is InChI=1S/C18H22N2O2/c19-10-17(20)15-8-14-9-16(6-7-18(14)22-12-15)21-11-13-4-2-1-3-5-13/h1-7,9,15,17H,8,10-12,19-20H2. The van der Waals surface area contributed by atoms with Crippen molar-refractivity contribution in [2.45, 2.75) is 19.1 Å². The third-order valence-corrected chi connectivity index (χ3v) is 4.09. The molecule has 4 nitrogen and oxygen atoms in total. The Morgan fingerprint density at radius 1 is 1.18 bits per heavy atom. The van der Waals surface area contributed by atoms with Crippen LogP contribution >= 0.6 is 0 Å². The predicted octanol–water partition coefficient (Wildman–Crippen LogP) is 2.10. The Balaban J connectivity index is 1.68. The average molecular weight is 298 g/mol. The molecule has 2 aromatic rings. The Bertz CT molecular complexity index is 616. The summed E-state index contributed by atoms with van der Waals surface area (Å²) >= 11 is 0. The highest BCUT2D eigenvalue weighted by Gasteiger charge is 2.24. The average Bonchev–Trinajstić information content (AvgIpc) is 2.59. The highest BCUT2D eigenvalue weighted by atomic mass is 16.5. The first-order valence-electron chi connectivity index (χ1n) is 7.64. The first-order chi connectivity index (χ1) is 10.8. The molecule has 2 atom stereocenters. The largest absolute Gasteiger partial charge is 0.493 e. The van der Waals surface area contributed by atoms with Gasteiger partial charge in [0.15, 0.2) is 0 Å². The molecule has 0 saturated carbocycles. The summed E-state index contributed by atoms with van der Waals surface area (Å²) < 4.78 is 11.7. The maximum atomic E-state index is 6.04. The lowest BCUT2D eigenvalue weighted by Crippen LogP contribution is -2.42. The van der Waals surface area contributed by atoms with Crippen molar-refractivity contribution in [1.82, 2.24) is 0 Å². The predicted molar refractivity (Wildman–Crippen MR) is 86.9 cm³/mol. The van der Waals surface area contributed by atoms with Crippen LogP contribution in [0, 0.1) is 5.92 Å². The summed E-state index contributed by atoms with van der Waals surface area (Å²) in [6.07, 6.45) is 0.885. The van der Waals surface area contributed by atoms with Crippen LogP contribution in [-0.2, 0) is 13.0 Å². The van der Waals surface area contributed by atoms with E-state index in [1.807, 2.05) is 36.4 Å².